The van der Waals surface area contributed by atoms with Crippen LogP contribution in [0.25, 0.3) is 10.9 Å². The average molecular weight is 644 g/mol. The Morgan fingerprint density at radius 1 is 1.17 bits per heavy atom. The van der Waals surface area contributed by atoms with Gasteiger partial charge in [0.05, 0.1) is 28.4 Å². The fourth-order valence-electron chi connectivity index (χ4n) is 6.93. The molecule has 0 unspecified atom stereocenters. The van der Waals surface area contributed by atoms with Gasteiger partial charge in [-0.25, -0.2) is 18.2 Å². The summed E-state index contributed by atoms with van der Waals surface area (Å²) in [7, 11) is 3.75. The van der Waals surface area contributed by atoms with Crippen molar-refractivity contribution in [2.75, 3.05) is 45.2 Å². The summed E-state index contributed by atoms with van der Waals surface area (Å²) < 4.78 is 56.6. The van der Waals surface area contributed by atoms with Gasteiger partial charge < -0.3 is 29.2 Å². The molecule has 3 aromatic rings. The summed E-state index contributed by atoms with van der Waals surface area (Å²) in [4.78, 5) is 35.2. The molecule has 2 aromatic heterocycles. The predicted molar refractivity (Wildman–Crippen MR) is 171 cm³/mol. The van der Waals surface area contributed by atoms with Crippen LogP contribution in [0.5, 0.6) is 5.75 Å². The van der Waals surface area contributed by atoms with Crippen LogP contribution in [-0.4, -0.2) is 71.2 Å². The molecule has 5 rings (SSSR count). The van der Waals surface area contributed by atoms with Crippen molar-refractivity contribution in [3.63, 3.8) is 0 Å². The topological polar surface area (TPSA) is 88.9 Å². The SMILES string of the molecule is CCOC1(c2cc3c(N[C@H](C)c4cccc(C(F)F)c4F)nc(C)c(OC[C@H]4CCCN4C)c3n(C)c2=O)CCN(C(C)=O)CC1. The second-order valence-electron chi connectivity index (χ2n) is 12.5. The highest BCUT2D eigenvalue weighted by Gasteiger charge is 2.41. The van der Waals surface area contributed by atoms with Crippen molar-refractivity contribution in [2.24, 2.45) is 7.05 Å². The summed E-state index contributed by atoms with van der Waals surface area (Å²) in [5.41, 5.74) is -0.305. The lowest BCUT2D eigenvalue weighted by atomic mass is 9.84. The molecule has 2 aliphatic rings. The van der Waals surface area contributed by atoms with Gasteiger partial charge >= 0.3 is 0 Å². The van der Waals surface area contributed by atoms with E-state index in [0.29, 0.717) is 72.9 Å². The Hall–Kier alpha value is -3.64. The van der Waals surface area contributed by atoms with Crippen molar-refractivity contribution in [2.45, 2.75) is 77.5 Å². The zero-order valence-corrected chi connectivity index (χ0v) is 27.5. The Balaban J connectivity index is 1.66. The summed E-state index contributed by atoms with van der Waals surface area (Å²) in [6.45, 7) is 9.51. The minimum atomic E-state index is -2.95. The number of pyridine rings is 2. The highest BCUT2D eigenvalue weighted by Crippen LogP contribution is 2.40. The molecular formula is C34H44F3N5O4. The van der Waals surface area contributed by atoms with Crippen LogP contribution >= 0.6 is 0 Å². The lowest BCUT2D eigenvalue weighted by Gasteiger charge is -2.41. The normalized spacial score (nSPS) is 19.2. The maximum atomic E-state index is 15.2. The molecule has 0 radical (unpaired) electrons. The predicted octanol–water partition coefficient (Wildman–Crippen LogP) is 5.84. The van der Waals surface area contributed by atoms with Crippen LogP contribution in [0, 0.1) is 12.7 Å². The number of anilines is 1. The summed E-state index contributed by atoms with van der Waals surface area (Å²) in [6, 6.07) is 5.21. The molecule has 2 saturated heterocycles. The van der Waals surface area contributed by atoms with E-state index < -0.39 is 29.4 Å². The van der Waals surface area contributed by atoms with Gasteiger partial charge in [0.15, 0.2) is 5.75 Å². The van der Waals surface area contributed by atoms with E-state index in [1.807, 2.05) is 6.92 Å². The Morgan fingerprint density at radius 2 is 1.87 bits per heavy atom. The van der Waals surface area contributed by atoms with Crippen molar-refractivity contribution < 1.29 is 27.4 Å². The first-order chi connectivity index (χ1) is 21.9. The number of fused-ring (bicyclic) bond motifs is 1. The third kappa shape index (κ3) is 6.33. The second kappa shape index (κ2) is 13.6. The van der Waals surface area contributed by atoms with Gasteiger partial charge in [0.1, 0.15) is 23.8 Å². The van der Waals surface area contributed by atoms with Crippen molar-refractivity contribution in [3.05, 3.63) is 62.8 Å². The van der Waals surface area contributed by atoms with Gasteiger partial charge in [-0.15, -0.1) is 0 Å². The number of ether oxygens (including phenoxy) is 2. The standard InChI is InChI=1S/C34H44F3N5O4/c1-7-46-34(13-16-42(17-14-34)22(4)43)27-18-26-29(41(6)33(27)44)30(45-19-23-10-9-15-40(23)5)21(3)39-32(26)38-20(2)24-11-8-12-25(28(24)35)31(36)37/h8,11-12,18,20,23,31H,7,9-10,13-17,19H2,1-6H3,(H,38,39)/t20-,23-/m1/s1. The fraction of sp³-hybridized carbons (Fsp3) is 0.559. The van der Waals surface area contributed by atoms with Crippen molar-refractivity contribution in [1.29, 1.82) is 0 Å². The third-order valence-electron chi connectivity index (χ3n) is 9.63. The number of rotatable bonds is 10. The molecule has 0 aliphatic carbocycles. The molecule has 1 aromatic carbocycles. The molecule has 0 spiro atoms. The summed E-state index contributed by atoms with van der Waals surface area (Å²) >= 11 is 0. The molecule has 2 atom stereocenters. The van der Waals surface area contributed by atoms with E-state index in [2.05, 4.69) is 17.3 Å². The zero-order valence-electron chi connectivity index (χ0n) is 27.5. The van der Waals surface area contributed by atoms with E-state index in [0.717, 1.165) is 25.5 Å². The highest BCUT2D eigenvalue weighted by molar-refractivity contribution is 5.95. The Morgan fingerprint density at radius 3 is 2.48 bits per heavy atom. The molecule has 1 N–H and O–H groups in total. The van der Waals surface area contributed by atoms with Crippen LogP contribution in [-0.2, 0) is 22.2 Å². The number of alkyl halides is 2. The molecule has 2 fully saturated rings. The number of likely N-dealkylation sites (N-methyl/N-ethyl adjacent to an activating group) is 1. The number of nitrogens with one attached hydrogen (secondary N) is 1. The van der Waals surface area contributed by atoms with Crippen LogP contribution < -0.4 is 15.6 Å². The summed E-state index contributed by atoms with van der Waals surface area (Å²) in [5.74, 6) is -0.173. The lowest BCUT2D eigenvalue weighted by molar-refractivity contribution is -0.136. The molecule has 0 saturated carbocycles. The third-order valence-corrected chi connectivity index (χ3v) is 9.63. The Kier molecular flexibility index (Phi) is 9.97. The smallest absolute Gasteiger partial charge is 0.266 e. The number of aryl methyl sites for hydroxylation is 2. The molecule has 46 heavy (non-hydrogen) atoms. The van der Waals surface area contributed by atoms with E-state index in [9.17, 15) is 18.4 Å². The first kappa shape index (κ1) is 33.7. The molecule has 12 heteroatoms. The van der Waals surface area contributed by atoms with Gasteiger partial charge in [0, 0.05) is 50.7 Å². The zero-order chi connectivity index (χ0) is 33.3. The Labute approximate surface area is 267 Å². The largest absolute Gasteiger partial charge is 0.488 e. The first-order valence-corrected chi connectivity index (χ1v) is 16.0. The number of aromatic nitrogens is 2. The summed E-state index contributed by atoms with van der Waals surface area (Å²) in [6.07, 6.45) is -0.0105. The molecule has 4 heterocycles. The maximum absolute atomic E-state index is 15.2. The molecule has 0 bridgehead atoms. The lowest BCUT2D eigenvalue weighted by Crippen LogP contribution is -2.48. The minimum Gasteiger partial charge on any atom is -0.488 e. The van der Waals surface area contributed by atoms with Crippen molar-refractivity contribution >= 4 is 22.6 Å². The number of likely N-dealkylation sites (tertiary alicyclic amines) is 2. The summed E-state index contributed by atoms with van der Waals surface area (Å²) in [5, 5.41) is 3.81. The number of carbonyl (C=O) groups excluding carboxylic acids is 1. The van der Waals surface area contributed by atoms with E-state index >= 15 is 4.39 Å². The molecule has 9 nitrogen and oxygen atoms in total. The van der Waals surface area contributed by atoms with Gasteiger partial charge in [-0.05, 0) is 66.1 Å². The number of carbonyl (C=O) groups is 1. The van der Waals surface area contributed by atoms with E-state index in [4.69, 9.17) is 14.5 Å². The van der Waals surface area contributed by atoms with E-state index in [1.54, 1.807) is 36.4 Å². The number of nitrogens with zero attached hydrogens (tertiary/aromatic N) is 4. The van der Waals surface area contributed by atoms with Crippen LogP contribution in [0.2, 0.25) is 0 Å². The number of hydrogen-bond donors (Lipinski definition) is 1. The van der Waals surface area contributed by atoms with Crippen LogP contribution in [0.15, 0.2) is 29.1 Å². The highest BCUT2D eigenvalue weighted by atomic mass is 19.3. The molecule has 2 aliphatic heterocycles. The minimum absolute atomic E-state index is 0.0329. The number of benzene rings is 1. The number of halogens is 3. The van der Waals surface area contributed by atoms with Crippen molar-refractivity contribution in [1.82, 2.24) is 19.4 Å². The van der Waals surface area contributed by atoms with Gasteiger partial charge in [0.2, 0.25) is 5.91 Å². The van der Waals surface area contributed by atoms with Crippen LogP contribution in [0.1, 0.15) is 81.3 Å². The maximum Gasteiger partial charge on any atom is 0.266 e. The monoisotopic (exact) mass is 643 g/mol. The van der Waals surface area contributed by atoms with Crippen LogP contribution in [0.3, 0.4) is 0 Å². The van der Waals surface area contributed by atoms with E-state index in [-0.39, 0.29) is 23.1 Å². The van der Waals surface area contributed by atoms with Crippen molar-refractivity contribution in [3.8, 4) is 5.75 Å². The van der Waals surface area contributed by atoms with Gasteiger partial charge in [-0.3, -0.25) is 9.59 Å². The number of piperidine rings is 1. The number of hydrogen-bond acceptors (Lipinski definition) is 7. The van der Waals surface area contributed by atoms with Gasteiger partial charge in [-0.2, -0.15) is 0 Å². The van der Waals surface area contributed by atoms with E-state index in [1.165, 1.54) is 19.1 Å². The fourth-order valence-corrected chi connectivity index (χ4v) is 6.93. The second-order valence-corrected chi connectivity index (χ2v) is 12.5. The first-order valence-electron chi connectivity index (χ1n) is 16.0. The van der Waals surface area contributed by atoms with Gasteiger partial charge in [0.25, 0.3) is 12.0 Å². The quantitative estimate of drug-likeness (QED) is 0.297. The average Bonchev–Trinajstić information content (AvgIpc) is 3.43. The molecular weight excluding hydrogens is 599 g/mol. The molecule has 250 valence electrons. The number of amides is 1. The Bertz CT molecular complexity index is 1650. The van der Waals surface area contributed by atoms with Crippen LogP contribution in [0.4, 0.5) is 19.0 Å². The van der Waals surface area contributed by atoms with Gasteiger partial charge in [-0.1, -0.05) is 18.2 Å². The molecule has 1 amide bonds.